The molecule has 1 fully saturated rings. The second kappa shape index (κ2) is 5.00. The fourth-order valence-corrected chi connectivity index (χ4v) is 2.80. The average molecular weight is 264 g/mol. The maximum atomic E-state index is 9.50. The third kappa shape index (κ3) is 2.41. The van der Waals surface area contributed by atoms with Crippen molar-refractivity contribution in [2.24, 2.45) is 0 Å². The number of nitrogens with one attached hydrogen (secondary N) is 1. The van der Waals surface area contributed by atoms with Crippen LogP contribution in [0.2, 0.25) is 0 Å². The summed E-state index contributed by atoms with van der Waals surface area (Å²) in [7, 11) is 1.92. The molecule has 2 aliphatic rings. The molecule has 1 aromatic carbocycles. The Balaban J connectivity index is 1.66. The molecule has 0 aromatic heterocycles. The minimum Gasteiger partial charge on any atom is -0.454 e. The molecule has 0 bridgehead atoms. The molecular weight excluding hydrogens is 244 g/mol. The molecular formula is C14H20N2O3. The summed E-state index contributed by atoms with van der Waals surface area (Å²) in [4.78, 5) is 2.35. The summed E-state index contributed by atoms with van der Waals surface area (Å²) in [5.41, 5.74) is 1.07. The van der Waals surface area contributed by atoms with Crippen molar-refractivity contribution in [3.8, 4) is 11.5 Å². The number of hydrogen-bond acceptors (Lipinski definition) is 5. The summed E-state index contributed by atoms with van der Waals surface area (Å²) >= 11 is 0. The fourth-order valence-electron chi connectivity index (χ4n) is 2.80. The lowest BCUT2D eigenvalue weighted by Gasteiger charge is -2.26. The molecule has 1 unspecified atom stereocenters. The highest BCUT2D eigenvalue weighted by atomic mass is 16.7. The van der Waals surface area contributed by atoms with Gasteiger partial charge >= 0.3 is 0 Å². The Hall–Kier alpha value is -1.30. The van der Waals surface area contributed by atoms with Crippen molar-refractivity contribution in [2.45, 2.75) is 18.5 Å². The molecule has 0 aliphatic carbocycles. The first-order valence-electron chi connectivity index (χ1n) is 6.65. The van der Waals surface area contributed by atoms with Gasteiger partial charge in [0, 0.05) is 19.6 Å². The third-order valence-corrected chi connectivity index (χ3v) is 4.11. The zero-order chi connectivity index (χ0) is 13.3. The molecule has 5 nitrogen and oxygen atoms in total. The van der Waals surface area contributed by atoms with Crippen LogP contribution in [0.4, 0.5) is 0 Å². The highest BCUT2D eigenvalue weighted by Gasteiger charge is 2.36. The van der Waals surface area contributed by atoms with Gasteiger partial charge in [-0.05, 0) is 31.2 Å². The average Bonchev–Trinajstić information content (AvgIpc) is 3.05. The van der Waals surface area contributed by atoms with Crippen LogP contribution in [-0.4, -0.2) is 49.1 Å². The second-order valence-electron chi connectivity index (χ2n) is 5.34. The van der Waals surface area contributed by atoms with Crippen LogP contribution < -0.4 is 14.8 Å². The van der Waals surface area contributed by atoms with E-state index in [1.165, 1.54) is 5.56 Å². The number of aliphatic hydroxyl groups excluding tert-OH is 1. The van der Waals surface area contributed by atoms with E-state index in [2.05, 4.69) is 16.3 Å². The molecule has 2 aliphatic heterocycles. The van der Waals surface area contributed by atoms with Crippen LogP contribution in [0.5, 0.6) is 11.5 Å². The predicted molar refractivity (Wildman–Crippen MR) is 71.3 cm³/mol. The minimum atomic E-state index is -0.143. The summed E-state index contributed by atoms with van der Waals surface area (Å²) < 4.78 is 10.7. The van der Waals surface area contributed by atoms with Crippen LogP contribution >= 0.6 is 0 Å². The number of hydrogen-bond donors (Lipinski definition) is 2. The summed E-state index contributed by atoms with van der Waals surface area (Å²) in [6, 6.07) is 6.08. The normalized spacial score (nSPS) is 26.0. The van der Waals surface area contributed by atoms with E-state index in [-0.39, 0.29) is 12.1 Å². The van der Waals surface area contributed by atoms with Crippen LogP contribution in [0.15, 0.2) is 18.2 Å². The number of nitrogens with zero attached hydrogens (tertiary/aromatic N) is 1. The topological polar surface area (TPSA) is 54.0 Å². The number of ether oxygens (including phenoxy) is 2. The van der Waals surface area contributed by atoms with E-state index in [9.17, 15) is 5.11 Å². The number of likely N-dealkylation sites (tertiary alicyclic amines) is 1. The lowest BCUT2D eigenvalue weighted by molar-refractivity contribution is 0.166. The van der Waals surface area contributed by atoms with Gasteiger partial charge in [0.15, 0.2) is 11.5 Å². The maximum Gasteiger partial charge on any atom is 0.231 e. The predicted octanol–water partition coefficient (Wildman–Crippen LogP) is 0.571. The van der Waals surface area contributed by atoms with Gasteiger partial charge in [-0.2, -0.15) is 0 Å². The van der Waals surface area contributed by atoms with Crippen molar-refractivity contribution in [3.05, 3.63) is 23.8 Å². The molecule has 5 heteroatoms. The first-order valence-corrected chi connectivity index (χ1v) is 6.65. The van der Waals surface area contributed by atoms with Crippen molar-refractivity contribution in [1.29, 1.82) is 0 Å². The monoisotopic (exact) mass is 264 g/mol. The third-order valence-electron chi connectivity index (χ3n) is 4.11. The standard InChI is InChI=1S/C14H20N2O3/c1-15-14(9-17)4-5-16(8-14)7-11-2-3-12-13(6-11)19-10-18-12/h2-3,6,15,17H,4-5,7-10H2,1H3. The molecule has 0 saturated carbocycles. The first kappa shape index (κ1) is 12.7. The molecule has 1 aromatic rings. The molecule has 1 atom stereocenters. The van der Waals surface area contributed by atoms with Crippen molar-refractivity contribution in [3.63, 3.8) is 0 Å². The van der Waals surface area contributed by atoms with E-state index in [1.807, 2.05) is 19.2 Å². The largest absolute Gasteiger partial charge is 0.454 e. The summed E-state index contributed by atoms with van der Waals surface area (Å²) in [5.74, 6) is 1.66. The van der Waals surface area contributed by atoms with Gasteiger partial charge in [-0.25, -0.2) is 0 Å². The van der Waals surface area contributed by atoms with Crippen molar-refractivity contribution >= 4 is 0 Å². The second-order valence-corrected chi connectivity index (χ2v) is 5.34. The van der Waals surface area contributed by atoms with Gasteiger partial charge in [0.2, 0.25) is 6.79 Å². The van der Waals surface area contributed by atoms with Crippen molar-refractivity contribution in [2.75, 3.05) is 33.5 Å². The smallest absolute Gasteiger partial charge is 0.231 e. The van der Waals surface area contributed by atoms with Gasteiger partial charge in [0.25, 0.3) is 0 Å². The molecule has 2 N–H and O–H groups in total. The van der Waals surface area contributed by atoms with Crippen LogP contribution in [-0.2, 0) is 6.54 Å². The van der Waals surface area contributed by atoms with E-state index >= 15 is 0 Å². The van der Waals surface area contributed by atoms with Crippen LogP contribution in [0, 0.1) is 0 Å². The molecule has 19 heavy (non-hydrogen) atoms. The Morgan fingerprint density at radius 2 is 2.21 bits per heavy atom. The molecule has 0 spiro atoms. The first-order chi connectivity index (χ1) is 9.24. The molecule has 0 amide bonds. The molecule has 0 radical (unpaired) electrons. The Morgan fingerprint density at radius 3 is 2.95 bits per heavy atom. The Kier molecular flexibility index (Phi) is 3.35. The fraction of sp³-hybridized carbons (Fsp3) is 0.571. The van der Waals surface area contributed by atoms with E-state index in [1.54, 1.807) is 0 Å². The number of fused-ring (bicyclic) bond motifs is 1. The molecule has 104 valence electrons. The zero-order valence-electron chi connectivity index (χ0n) is 11.2. The number of likely N-dealkylation sites (N-methyl/N-ethyl adjacent to an activating group) is 1. The van der Waals surface area contributed by atoms with Gasteiger partial charge in [-0.1, -0.05) is 6.07 Å². The van der Waals surface area contributed by atoms with Gasteiger partial charge in [0.05, 0.1) is 12.1 Å². The summed E-state index contributed by atoms with van der Waals surface area (Å²) in [6.45, 7) is 3.24. The SMILES string of the molecule is CNC1(CO)CCN(Cc2ccc3c(c2)OCO3)C1. The summed E-state index contributed by atoms with van der Waals surface area (Å²) in [5, 5.41) is 12.7. The highest BCUT2D eigenvalue weighted by Crippen LogP contribution is 2.33. The van der Waals surface area contributed by atoms with Gasteiger partial charge in [0.1, 0.15) is 0 Å². The van der Waals surface area contributed by atoms with E-state index in [0.29, 0.717) is 6.79 Å². The van der Waals surface area contributed by atoms with E-state index in [0.717, 1.165) is 37.6 Å². The van der Waals surface area contributed by atoms with Crippen molar-refractivity contribution in [1.82, 2.24) is 10.2 Å². The molecule has 2 heterocycles. The molecule has 3 rings (SSSR count). The maximum absolute atomic E-state index is 9.50. The highest BCUT2D eigenvalue weighted by molar-refractivity contribution is 5.44. The van der Waals surface area contributed by atoms with Gasteiger partial charge in [-0.15, -0.1) is 0 Å². The minimum absolute atomic E-state index is 0.143. The Morgan fingerprint density at radius 1 is 1.37 bits per heavy atom. The van der Waals surface area contributed by atoms with E-state index < -0.39 is 0 Å². The number of benzene rings is 1. The van der Waals surface area contributed by atoms with Crippen LogP contribution in [0.1, 0.15) is 12.0 Å². The lowest BCUT2D eigenvalue weighted by atomic mass is 10.0. The molecule has 1 saturated heterocycles. The lowest BCUT2D eigenvalue weighted by Crippen LogP contribution is -2.48. The number of rotatable bonds is 4. The number of aliphatic hydroxyl groups is 1. The van der Waals surface area contributed by atoms with Crippen LogP contribution in [0.3, 0.4) is 0 Å². The Labute approximate surface area is 113 Å². The van der Waals surface area contributed by atoms with Gasteiger partial charge in [-0.3, -0.25) is 4.90 Å². The van der Waals surface area contributed by atoms with Crippen LogP contribution in [0.25, 0.3) is 0 Å². The van der Waals surface area contributed by atoms with E-state index in [4.69, 9.17) is 9.47 Å². The van der Waals surface area contributed by atoms with Gasteiger partial charge < -0.3 is 19.9 Å². The Bertz CT molecular complexity index is 460. The quantitative estimate of drug-likeness (QED) is 0.833. The zero-order valence-corrected chi connectivity index (χ0v) is 11.2. The summed E-state index contributed by atoms with van der Waals surface area (Å²) in [6.07, 6.45) is 0.977. The van der Waals surface area contributed by atoms with Crippen molar-refractivity contribution < 1.29 is 14.6 Å².